The molecule has 2 aromatic rings. The number of likely N-dealkylation sites (tertiary alicyclic amines) is 1. The summed E-state index contributed by atoms with van der Waals surface area (Å²) >= 11 is 1.44. The van der Waals surface area contributed by atoms with E-state index in [2.05, 4.69) is 12.0 Å². The zero-order valence-corrected chi connectivity index (χ0v) is 19.6. The van der Waals surface area contributed by atoms with Crippen molar-refractivity contribution in [2.24, 2.45) is 5.92 Å². The smallest absolute Gasteiger partial charge is 0.341 e. The van der Waals surface area contributed by atoms with Crippen LogP contribution in [0.5, 0.6) is 0 Å². The summed E-state index contributed by atoms with van der Waals surface area (Å²) in [6.07, 6.45) is 4.36. The first-order chi connectivity index (χ1) is 14.7. The van der Waals surface area contributed by atoms with Crippen molar-refractivity contribution in [3.63, 3.8) is 0 Å². The third kappa shape index (κ3) is 4.78. The van der Waals surface area contributed by atoms with Gasteiger partial charge in [0.1, 0.15) is 17.4 Å². The molecule has 170 valence electrons. The van der Waals surface area contributed by atoms with E-state index in [-0.39, 0.29) is 24.1 Å². The Hall–Kier alpha value is -1.98. The minimum absolute atomic E-state index is 0.0417. The van der Waals surface area contributed by atoms with Crippen molar-refractivity contribution in [1.29, 1.82) is 0 Å². The Morgan fingerprint density at radius 2 is 1.84 bits per heavy atom. The van der Waals surface area contributed by atoms with Gasteiger partial charge in [0.15, 0.2) is 0 Å². The SMILES string of the molecule is CC1CCN(C(=O)Cn2nc(C3CCN(S(C)(=O)=O)CC3)n(-c3cccs3)c2=O)CC1. The number of amides is 1. The lowest BCUT2D eigenvalue weighted by molar-refractivity contribution is -0.133. The van der Waals surface area contributed by atoms with Crippen LogP contribution in [0.4, 0.5) is 0 Å². The van der Waals surface area contributed by atoms with Crippen molar-refractivity contribution in [3.8, 4) is 5.00 Å². The fraction of sp³-hybridized carbons (Fsp3) is 0.650. The quantitative estimate of drug-likeness (QED) is 0.664. The zero-order chi connectivity index (χ0) is 22.2. The highest BCUT2D eigenvalue weighted by molar-refractivity contribution is 7.88. The lowest BCUT2D eigenvalue weighted by Crippen LogP contribution is -2.41. The molecular formula is C20H29N5O4S2. The van der Waals surface area contributed by atoms with Crippen LogP contribution >= 0.6 is 11.3 Å². The van der Waals surface area contributed by atoms with Gasteiger partial charge in [-0.2, -0.15) is 5.10 Å². The Labute approximate surface area is 186 Å². The molecule has 11 heteroatoms. The second-order valence-electron chi connectivity index (χ2n) is 8.58. The molecule has 31 heavy (non-hydrogen) atoms. The Morgan fingerprint density at radius 3 is 2.42 bits per heavy atom. The second kappa shape index (κ2) is 8.87. The summed E-state index contributed by atoms with van der Waals surface area (Å²) < 4.78 is 28.0. The summed E-state index contributed by atoms with van der Waals surface area (Å²) in [5, 5.41) is 7.24. The molecule has 2 aromatic heterocycles. The van der Waals surface area contributed by atoms with Gasteiger partial charge in [-0.1, -0.05) is 6.92 Å². The Kier molecular flexibility index (Phi) is 6.36. The van der Waals surface area contributed by atoms with Gasteiger partial charge >= 0.3 is 5.69 Å². The summed E-state index contributed by atoms with van der Waals surface area (Å²) in [5.74, 6) is 1.11. The van der Waals surface area contributed by atoms with Gasteiger partial charge in [-0.3, -0.25) is 4.79 Å². The molecule has 0 atom stereocenters. The van der Waals surface area contributed by atoms with Gasteiger partial charge in [-0.15, -0.1) is 11.3 Å². The third-order valence-corrected chi connectivity index (χ3v) is 8.46. The standard InChI is InChI=1S/C20H29N5O4S2/c1-15-5-9-22(10-6-15)17(26)14-24-20(27)25(18-4-3-13-30-18)19(21-24)16-7-11-23(12-8-16)31(2,28)29/h3-4,13,15-16H,5-12,14H2,1-2H3. The normalized spacial score (nSPS) is 19.7. The highest BCUT2D eigenvalue weighted by Crippen LogP contribution is 2.29. The van der Waals surface area contributed by atoms with Gasteiger partial charge in [0, 0.05) is 32.1 Å². The van der Waals surface area contributed by atoms with Gasteiger partial charge in [0.25, 0.3) is 0 Å². The van der Waals surface area contributed by atoms with Crippen molar-refractivity contribution in [2.75, 3.05) is 32.4 Å². The van der Waals surface area contributed by atoms with Gasteiger partial charge in [-0.25, -0.2) is 26.8 Å². The number of hydrogen-bond donors (Lipinski definition) is 0. The number of carbonyl (C=O) groups excluding carboxylic acids is 1. The summed E-state index contributed by atoms with van der Waals surface area (Å²) in [5.41, 5.74) is -0.318. The number of rotatable bonds is 5. The molecule has 0 unspecified atom stereocenters. The minimum atomic E-state index is -3.23. The first-order valence-corrected chi connectivity index (χ1v) is 13.4. The van der Waals surface area contributed by atoms with Crippen LogP contribution in [-0.4, -0.2) is 70.3 Å². The van der Waals surface area contributed by atoms with E-state index in [1.807, 2.05) is 22.4 Å². The van der Waals surface area contributed by atoms with E-state index in [4.69, 9.17) is 0 Å². The van der Waals surface area contributed by atoms with E-state index >= 15 is 0 Å². The Balaban J connectivity index is 1.59. The maximum Gasteiger partial charge on any atom is 0.351 e. The Morgan fingerprint density at radius 1 is 1.16 bits per heavy atom. The third-order valence-electron chi connectivity index (χ3n) is 6.30. The van der Waals surface area contributed by atoms with Gasteiger partial charge in [0.05, 0.1) is 6.26 Å². The maximum atomic E-state index is 13.2. The number of aromatic nitrogens is 3. The van der Waals surface area contributed by atoms with Crippen LogP contribution in [0.1, 0.15) is 44.3 Å². The number of carbonyl (C=O) groups is 1. The monoisotopic (exact) mass is 467 g/mol. The average Bonchev–Trinajstić information content (AvgIpc) is 3.36. The Bertz CT molecular complexity index is 1070. The summed E-state index contributed by atoms with van der Waals surface area (Å²) in [6, 6.07) is 3.74. The summed E-state index contributed by atoms with van der Waals surface area (Å²) in [7, 11) is -3.23. The average molecular weight is 468 g/mol. The molecule has 1 amide bonds. The predicted molar refractivity (Wildman–Crippen MR) is 119 cm³/mol. The molecule has 0 spiro atoms. The highest BCUT2D eigenvalue weighted by Gasteiger charge is 2.31. The van der Waals surface area contributed by atoms with Crippen molar-refractivity contribution in [3.05, 3.63) is 33.8 Å². The van der Waals surface area contributed by atoms with Gasteiger partial charge in [0.2, 0.25) is 15.9 Å². The number of thiophene rings is 1. The van der Waals surface area contributed by atoms with Crippen LogP contribution in [-0.2, 0) is 21.4 Å². The number of nitrogens with zero attached hydrogens (tertiary/aromatic N) is 5. The summed E-state index contributed by atoms with van der Waals surface area (Å²) in [6.45, 7) is 4.37. The second-order valence-corrected chi connectivity index (χ2v) is 11.5. The molecule has 2 saturated heterocycles. The molecule has 2 aliphatic rings. The molecule has 9 nitrogen and oxygen atoms in total. The van der Waals surface area contributed by atoms with E-state index in [1.54, 1.807) is 4.57 Å². The van der Waals surface area contributed by atoms with Gasteiger partial charge in [-0.05, 0) is 49.1 Å². The first kappa shape index (κ1) is 22.2. The first-order valence-electron chi connectivity index (χ1n) is 10.7. The van der Waals surface area contributed by atoms with E-state index in [1.165, 1.54) is 26.6 Å². The van der Waals surface area contributed by atoms with E-state index in [9.17, 15) is 18.0 Å². The largest absolute Gasteiger partial charge is 0.351 e. The number of hydrogen-bond acceptors (Lipinski definition) is 6. The fourth-order valence-corrected chi connectivity index (χ4v) is 5.93. The van der Waals surface area contributed by atoms with Crippen LogP contribution in [0.2, 0.25) is 0 Å². The lowest BCUT2D eigenvalue weighted by Gasteiger charge is -2.30. The topological polar surface area (TPSA) is 97.5 Å². The molecule has 0 bridgehead atoms. The fourth-order valence-electron chi connectivity index (χ4n) is 4.33. The van der Waals surface area contributed by atoms with Crippen molar-refractivity contribution >= 4 is 27.3 Å². The lowest BCUT2D eigenvalue weighted by atomic mass is 9.97. The maximum absolute atomic E-state index is 13.2. The van der Waals surface area contributed by atoms with Crippen LogP contribution in [0, 0.1) is 5.92 Å². The predicted octanol–water partition coefficient (Wildman–Crippen LogP) is 1.49. The van der Waals surface area contributed by atoms with Gasteiger partial charge < -0.3 is 4.90 Å². The number of sulfonamides is 1. The molecule has 4 rings (SSSR count). The van der Waals surface area contributed by atoms with E-state index < -0.39 is 10.0 Å². The molecule has 0 aromatic carbocycles. The van der Waals surface area contributed by atoms with Crippen LogP contribution in [0.25, 0.3) is 5.00 Å². The van der Waals surface area contributed by atoms with Crippen molar-refractivity contribution in [2.45, 2.75) is 45.1 Å². The summed E-state index contributed by atoms with van der Waals surface area (Å²) in [4.78, 5) is 27.8. The van der Waals surface area contributed by atoms with Crippen LogP contribution in [0.3, 0.4) is 0 Å². The molecule has 4 heterocycles. The molecule has 0 aliphatic carbocycles. The minimum Gasteiger partial charge on any atom is -0.341 e. The highest BCUT2D eigenvalue weighted by atomic mass is 32.2. The molecule has 0 N–H and O–H groups in total. The molecular weight excluding hydrogens is 438 g/mol. The zero-order valence-electron chi connectivity index (χ0n) is 17.9. The molecule has 0 radical (unpaired) electrons. The van der Waals surface area contributed by atoms with Crippen LogP contribution in [0.15, 0.2) is 22.3 Å². The molecule has 2 aliphatic heterocycles. The van der Waals surface area contributed by atoms with E-state index in [0.29, 0.717) is 37.7 Å². The van der Waals surface area contributed by atoms with Crippen molar-refractivity contribution in [1.82, 2.24) is 23.6 Å². The molecule has 2 fully saturated rings. The van der Waals surface area contributed by atoms with Crippen LogP contribution < -0.4 is 5.69 Å². The molecule has 0 saturated carbocycles. The van der Waals surface area contributed by atoms with E-state index in [0.717, 1.165) is 30.9 Å². The number of piperidine rings is 2. The van der Waals surface area contributed by atoms with Crippen molar-refractivity contribution < 1.29 is 13.2 Å².